The monoisotopic (exact) mass is 392 g/mol. The lowest BCUT2D eigenvalue weighted by atomic mass is 10.2. The number of amides is 1. The number of hydrogen-bond donors (Lipinski definition) is 2. The average molecular weight is 393 g/mol. The number of rotatable bonds is 8. The zero-order chi connectivity index (χ0) is 20.2. The van der Waals surface area contributed by atoms with E-state index in [0.29, 0.717) is 17.7 Å². The van der Waals surface area contributed by atoms with Crippen LogP contribution in [0.2, 0.25) is 0 Å². The van der Waals surface area contributed by atoms with E-state index in [1.54, 1.807) is 26.0 Å². The Morgan fingerprint density at radius 2 is 1.96 bits per heavy atom. The van der Waals surface area contributed by atoms with Crippen molar-refractivity contribution in [3.63, 3.8) is 0 Å². The molecule has 0 aliphatic rings. The fourth-order valence-electron chi connectivity index (χ4n) is 2.92. The predicted octanol–water partition coefficient (Wildman–Crippen LogP) is 2.26. The summed E-state index contributed by atoms with van der Waals surface area (Å²) >= 11 is 0. The maximum absolute atomic E-state index is 12.8. The van der Waals surface area contributed by atoms with Gasteiger partial charge in [-0.1, -0.05) is 6.92 Å². The van der Waals surface area contributed by atoms with Crippen molar-refractivity contribution in [2.45, 2.75) is 31.2 Å². The molecule has 1 atom stereocenters. The van der Waals surface area contributed by atoms with Gasteiger partial charge in [0.25, 0.3) is 0 Å². The Bertz CT molecular complexity index is 903. The highest BCUT2D eigenvalue weighted by Gasteiger charge is 2.22. The molecule has 2 N–H and O–H groups in total. The lowest BCUT2D eigenvalue weighted by Crippen LogP contribution is -2.35. The van der Waals surface area contributed by atoms with E-state index in [0.717, 1.165) is 5.69 Å². The summed E-state index contributed by atoms with van der Waals surface area (Å²) in [5.74, 6) is -0.112. The summed E-state index contributed by atoms with van der Waals surface area (Å²) in [7, 11) is 2.10. The molecule has 0 saturated carbocycles. The molecule has 1 amide bonds. The van der Waals surface area contributed by atoms with Crippen molar-refractivity contribution in [2.24, 2.45) is 7.05 Å². The Balaban J connectivity index is 2.18. The quantitative estimate of drug-likeness (QED) is 0.722. The van der Waals surface area contributed by atoms with Crippen LogP contribution < -0.4 is 10.0 Å². The molecule has 2 rings (SSSR count). The number of nitrogens with zero attached hydrogens (tertiary/aromatic N) is 2. The minimum Gasteiger partial charge on any atom is -0.353 e. The molecule has 1 aromatic carbocycles. The van der Waals surface area contributed by atoms with Crippen LogP contribution in [-0.2, 0) is 21.9 Å². The lowest BCUT2D eigenvalue weighted by Gasteiger charge is -2.25. The molecule has 148 valence electrons. The first-order valence-corrected chi connectivity index (χ1v) is 10.3. The summed E-state index contributed by atoms with van der Waals surface area (Å²) < 4.78 is 30.3. The minimum absolute atomic E-state index is 0.0943. The van der Waals surface area contributed by atoms with Crippen LogP contribution in [0, 0.1) is 6.92 Å². The molecular formula is C19H28N4O3S. The molecule has 1 unspecified atom stereocenters. The van der Waals surface area contributed by atoms with E-state index < -0.39 is 10.0 Å². The van der Waals surface area contributed by atoms with Gasteiger partial charge in [-0.3, -0.25) is 9.69 Å². The molecule has 2 aromatic rings. The number of likely N-dealkylation sites (N-methyl/N-ethyl adjacent to an activating group) is 1. The zero-order valence-corrected chi connectivity index (χ0v) is 17.3. The predicted molar refractivity (Wildman–Crippen MR) is 107 cm³/mol. The Morgan fingerprint density at radius 1 is 1.26 bits per heavy atom. The SMILES string of the molecule is CCC(=O)Nc1ccc(S(=O)(=O)NCC(c2cccn2C)N(C)C)c(C)c1. The molecule has 0 radical (unpaired) electrons. The molecule has 0 spiro atoms. The van der Waals surface area contributed by atoms with Crippen LogP contribution >= 0.6 is 0 Å². The van der Waals surface area contributed by atoms with E-state index in [9.17, 15) is 13.2 Å². The van der Waals surface area contributed by atoms with Crippen LogP contribution in [0.4, 0.5) is 5.69 Å². The van der Waals surface area contributed by atoms with Gasteiger partial charge in [0, 0.05) is 37.6 Å². The molecule has 0 bridgehead atoms. The molecule has 1 heterocycles. The highest BCUT2D eigenvalue weighted by molar-refractivity contribution is 7.89. The Kier molecular flexibility index (Phi) is 6.80. The maximum Gasteiger partial charge on any atom is 0.240 e. The Labute approximate surface area is 161 Å². The maximum atomic E-state index is 12.8. The number of carbonyl (C=O) groups excluding carboxylic acids is 1. The number of carbonyl (C=O) groups is 1. The smallest absolute Gasteiger partial charge is 0.240 e. The number of benzene rings is 1. The minimum atomic E-state index is -3.67. The van der Waals surface area contributed by atoms with Gasteiger partial charge in [0.15, 0.2) is 0 Å². The fourth-order valence-corrected chi connectivity index (χ4v) is 4.18. The van der Waals surface area contributed by atoms with E-state index in [-0.39, 0.29) is 23.4 Å². The standard InChI is InChI=1S/C19H28N4O3S/c1-6-19(24)21-15-9-10-18(14(2)12-15)27(25,26)20-13-17(22(3)4)16-8-7-11-23(16)5/h7-12,17,20H,6,13H2,1-5H3,(H,21,24). The summed E-state index contributed by atoms with van der Waals surface area (Å²) in [6.45, 7) is 3.73. The summed E-state index contributed by atoms with van der Waals surface area (Å²) in [6.07, 6.45) is 2.31. The van der Waals surface area contributed by atoms with E-state index >= 15 is 0 Å². The van der Waals surface area contributed by atoms with Crippen molar-refractivity contribution in [1.29, 1.82) is 0 Å². The Hall–Kier alpha value is -2.16. The van der Waals surface area contributed by atoms with Crippen molar-refractivity contribution >= 4 is 21.6 Å². The lowest BCUT2D eigenvalue weighted by molar-refractivity contribution is -0.115. The van der Waals surface area contributed by atoms with Gasteiger partial charge < -0.3 is 9.88 Å². The van der Waals surface area contributed by atoms with Gasteiger partial charge in [-0.25, -0.2) is 13.1 Å². The molecule has 7 nitrogen and oxygen atoms in total. The van der Waals surface area contributed by atoms with Gasteiger partial charge in [-0.15, -0.1) is 0 Å². The average Bonchev–Trinajstić information content (AvgIpc) is 3.00. The van der Waals surface area contributed by atoms with Crippen molar-refractivity contribution in [1.82, 2.24) is 14.2 Å². The first kappa shape index (κ1) is 21.1. The number of anilines is 1. The van der Waals surface area contributed by atoms with Crippen LogP contribution in [0.3, 0.4) is 0 Å². The normalized spacial score (nSPS) is 13.0. The second-order valence-electron chi connectivity index (χ2n) is 6.76. The summed E-state index contributed by atoms with van der Waals surface area (Å²) in [5.41, 5.74) is 2.20. The van der Waals surface area contributed by atoms with Gasteiger partial charge in [-0.2, -0.15) is 0 Å². The highest BCUT2D eigenvalue weighted by atomic mass is 32.2. The Morgan fingerprint density at radius 3 is 2.48 bits per heavy atom. The number of sulfonamides is 1. The summed E-state index contributed by atoms with van der Waals surface area (Å²) in [5, 5.41) is 2.74. The van der Waals surface area contributed by atoms with Gasteiger partial charge in [0.1, 0.15) is 0 Å². The third-order valence-electron chi connectivity index (χ3n) is 4.48. The molecule has 0 aliphatic heterocycles. The first-order chi connectivity index (χ1) is 12.7. The van der Waals surface area contributed by atoms with Crippen LogP contribution in [0.15, 0.2) is 41.4 Å². The van der Waals surface area contributed by atoms with Gasteiger partial charge in [0.05, 0.1) is 10.9 Å². The van der Waals surface area contributed by atoms with Crippen LogP contribution in [-0.4, -0.2) is 44.4 Å². The van der Waals surface area contributed by atoms with Crippen molar-refractivity contribution in [3.05, 3.63) is 47.8 Å². The van der Waals surface area contributed by atoms with Crippen LogP contribution in [0.5, 0.6) is 0 Å². The number of aromatic nitrogens is 1. The molecule has 1 aromatic heterocycles. The largest absolute Gasteiger partial charge is 0.353 e. The number of hydrogen-bond acceptors (Lipinski definition) is 4. The molecular weight excluding hydrogens is 364 g/mol. The molecule has 8 heteroatoms. The van der Waals surface area contributed by atoms with Gasteiger partial charge >= 0.3 is 0 Å². The van der Waals surface area contributed by atoms with E-state index in [1.807, 2.05) is 48.9 Å². The first-order valence-electron chi connectivity index (χ1n) is 8.83. The van der Waals surface area contributed by atoms with Crippen LogP contribution in [0.1, 0.15) is 30.6 Å². The van der Waals surface area contributed by atoms with Crippen molar-refractivity contribution in [2.75, 3.05) is 26.0 Å². The fraction of sp³-hybridized carbons (Fsp3) is 0.421. The number of aryl methyl sites for hydroxylation is 2. The summed E-state index contributed by atoms with van der Waals surface area (Å²) in [6, 6.07) is 8.63. The van der Waals surface area contributed by atoms with E-state index in [4.69, 9.17) is 0 Å². The molecule has 0 saturated heterocycles. The highest BCUT2D eigenvalue weighted by Crippen LogP contribution is 2.22. The van der Waals surface area contributed by atoms with E-state index in [2.05, 4.69) is 10.0 Å². The third-order valence-corrected chi connectivity index (χ3v) is 6.07. The zero-order valence-electron chi connectivity index (χ0n) is 16.5. The number of nitrogens with one attached hydrogen (secondary N) is 2. The third kappa shape index (κ3) is 5.18. The second-order valence-corrected chi connectivity index (χ2v) is 8.49. The molecule has 0 fully saturated rings. The summed E-state index contributed by atoms with van der Waals surface area (Å²) in [4.78, 5) is 13.7. The second kappa shape index (κ2) is 8.69. The topological polar surface area (TPSA) is 83.4 Å². The van der Waals surface area contributed by atoms with Crippen LogP contribution in [0.25, 0.3) is 0 Å². The van der Waals surface area contributed by atoms with Crippen molar-refractivity contribution < 1.29 is 13.2 Å². The molecule has 0 aliphatic carbocycles. The van der Waals surface area contributed by atoms with Gasteiger partial charge in [0.2, 0.25) is 15.9 Å². The van der Waals surface area contributed by atoms with Gasteiger partial charge in [-0.05, 0) is 56.9 Å². The van der Waals surface area contributed by atoms with E-state index in [1.165, 1.54) is 6.07 Å². The molecule has 27 heavy (non-hydrogen) atoms. The van der Waals surface area contributed by atoms with Crippen molar-refractivity contribution in [3.8, 4) is 0 Å².